The third-order valence-corrected chi connectivity index (χ3v) is 4.83. The van der Waals surface area contributed by atoms with E-state index in [-0.39, 0.29) is 0 Å². The largest absolute Gasteiger partial charge is 0.265 e. The molecule has 0 aliphatic carbocycles. The second kappa shape index (κ2) is 6.57. The van der Waals surface area contributed by atoms with Crippen molar-refractivity contribution in [3.63, 3.8) is 0 Å². The van der Waals surface area contributed by atoms with E-state index in [1.54, 1.807) is 16.9 Å². The van der Waals surface area contributed by atoms with E-state index in [0.717, 1.165) is 26.9 Å². The molecule has 5 nitrogen and oxygen atoms in total. The van der Waals surface area contributed by atoms with Gasteiger partial charge >= 0.3 is 0 Å². The first-order valence-electron chi connectivity index (χ1n) is 8.11. The molecule has 6 heteroatoms. The van der Waals surface area contributed by atoms with Gasteiger partial charge in [-0.15, -0.1) is 10.2 Å². The summed E-state index contributed by atoms with van der Waals surface area (Å²) in [6.45, 7) is 4.40. The molecule has 0 saturated heterocycles. The molecule has 4 rings (SSSR count). The van der Waals surface area contributed by atoms with Gasteiger partial charge in [0.25, 0.3) is 0 Å². The molecule has 0 bridgehead atoms. The Labute approximate surface area is 149 Å². The van der Waals surface area contributed by atoms with Crippen LogP contribution in [0.4, 0.5) is 0 Å². The summed E-state index contributed by atoms with van der Waals surface area (Å²) in [6.07, 6.45) is 7.57. The van der Waals surface area contributed by atoms with Crippen molar-refractivity contribution in [1.29, 1.82) is 0 Å². The molecule has 0 spiro atoms. The zero-order chi connectivity index (χ0) is 17.2. The van der Waals surface area contributed by atoms with Crippen LogP contribution in [0.25, 0.3) is 28.5 Å². The summed E-state index contributed by atoms with van der Waals surface area (Å²) in [4.78, 5) is 4.81. The summed E-state index contributed by atoms with van der Waals surface area (Å²) in [6, 6.07) is 12.4. The van der Waals surface area contributed by atoms with Crippen molar-refractivity contribution in [2.75, 3.05) is 0 Å². The van der Waals surface area contributed by atoms with Gasteiger partial charge in [0, 0.05) is 18.0 Å². The Kier molecular flexibility index (Phi) is 4.11. The van der Waals surface area contributed by atoms with E-state index in [1.165, 1.54) is 16.9 Å². The van der Waals surface area contributed by atoms with Crippen LogP contribution in [0.15, 0.2) is 48.8 Å². The molecule has 0 atom stereocenters. The van der Waals surface area contributed by atoms with Crippen molar-refractivity contribution in [2.45, 2.75) is 19.8 Å². The maximum atomic E-state index is 4.61. The molecule has 0 fully saturated rings. The van der Waals surface area contributed by atoms with Crippen LogP contribution in [-0.2, 0) is 0 Å². The molecule has 0 amide bonds. The normalized spacial score (nSPS) is 11.8. The van der Waals surface area contributed by atoms with Crippen LogP contribution in [0.2, 0.25) is 0 Å². The molecular formula is C19H17N5S. The average molecular weight is 347 g/mol. The lowest BCUT2D eigenvalue weighted by Gasteiger charge is -2.04. The Morgan fingerprint density at radius 3 is 2.44 bits per heavy atom. The molecule has 1 aromatic carbocycles. The number of hydrogen-bond acceptors (Lipinski definition) is 5. The molecule has 0 N–H and O–H groups in total. The molecule has 4 aromatic rings. The van der Waals surface area contributed by atoms with Gasteiger partial charge in [-0.25, -0.2) is 0 Å². The Hall–Kier alpha value is -2.86. The number of benzene rings is 1. The molecule has 0 unspecified atom stereocenters. The number of fused-ring (bicyclic) bond motifs is 1. The number of hydrogen-bond donors (Lipinski definition) is 0. The first-order valence-corrected chi connectivity index (χ1v) is 8.93. The van der Waals surface area contributed by atoms with Crippen LogP contribution < -0.4 is 0 Å². The smallest absolute Gasteiger partial charge is 0.235 e. The van der Waals surface area contributed by atoms with Crippen LogP contribution in [0.3, 0.4) is 0 Å². The highest BCUT2D eigenvalue weighted by Crippen LogP contribution is 2.22. The van der Waals surface area contributed by atoms with E-state index in [4.69, 9.17) is 0 Å². The monoisotopic (exact) mass is 347 g/mol. The van der Waals surface area contributed by atoms with Gasteiger partial charge in [0.1, 0.15) is 5.01 Å². The lowest BCUT2D eigenvalue weighted by Crippen LogP contribution is -1.90. The van der Waals surface area contributed by atoms with Crippen molar-refractivity contribution < 1.29 is 0 Å². The Bertz CT molecular complexity index is 1010. The average Bonchev–Trinajstić information content (AvgIpc) is 3.21. The SMILES string of the molecule is CC(C)c1ccc(/C=C/c2nn3c(-c4ccncc4)nnc3s2)cc1. The number of rotatable bonds is 4. The van der Waals surface area contributed by atoms with Gasteiger partial charge in [-0.05, 0) is 35.3 Å². The van der Waals surface area contributed by atoms with Gasteiger partial charge in [0.2, 0.25) is 4.96 Å². The Balaban J connectivity index is 1.61. The van der Waals surface area contributed by atoms with Crippen LogP contribution in [-0.4, -0.2) is 24.8 Å². The van der Waals surface area contributed by atoms with Crippen LogP contribution in [0, 0.1) is 0 Å². The van der Waals surface area contributed by atoms with Gasteiger partial charge in [-0.1, -0.05) is 55.5 Å². The van der Waals surface area contributed by atoms with Crippen molar-refractivity contribution >= 4 is 28.4 Å². The fourth-order valence-electron chi connectivity index (χ4n) is 2.54. The van der Waals surface area contributed by atoms with Crippen molar-refractivity contribution in [2.24, 2.45) is 0 Å². The van der Waals surface area contributed by atoms with Gasteiger partial charge in [-0.2, -0.15) is 9.61 Å². The summed E-state index contributed by atoms with van der Waals surface area (Å²) < 4.78 is 1.78. The fraction of sp³-hybridized carbons (Fsp3) is 0.158. The molecular weight excluding hydrogens is 330 g/mol. The molecule has 0 aliphatic heterocycles. The molecule has 0 radical (unpaired) electrons. The quantitative estimate of drug-likeness (QED) is 0.544. The second-order valence-corrected chi connectivity index (χ2v) is 7.04. The molecule has 25 heavy (non-hydrogen) atoms. The minimum absolute atomic E-state index is 0.545. The highest BCUT2D eigenvalue weighted by molar-refractivity contribution is 7.17. The molecule has 0 saturated carbocycles. The summed E-state index contributed by atoms with van der Waals surface area (Å²) in [5.74, 6) is 1.28. The second-order valence-electron chi connectivity index (χ2n) is 6.05. The first kappa shape index (κ1) is 15.7. The zero-order valence-corrected chi connectivity index (χ0v) is 14.8. The van der Waals surface area contributed by atoms with Gasteiger partial charge < -0.3 is 0 Å². The van der Waals surface area contributed by atoms with E-state index in [0.29, 0.717) is 5.92 Å². The molecule has 0 aliphatic rings. The van der Waals surface area contributed by atoms with E-state index < -0.39 is 0 Å². The summed E-state index contributed by atoms with van der Waals surface area (Å²) in [7, 11) is 0. The number of pyridine rings is 1. The van der Waals surface area contributed by atoms with E-state index in [9.17, 15) is 0 Å². The van der Waals surface area contributed by atoms with E-state index in [2.05, 4.69) is 64.5 Å². The topological polar surface area (TPSA) is 56.0 Å². The minimum Gasteiger partial charge on any atom is -0.265 e. The summed E-state index contributed by atoms with van der Waals surface area (Å²) in [5, 5.41) is 13.9. The fourth-order valence-corrected chi connectivity index (χ4v) is 3.28. The molecule has 3 aromatic heterocycles. The van der Waals surface area contributed by atoms with Crippen LogP contribution in [0.5, 0.6) is 0 Å². The van der Waals surface area contributed by atoms with Crippen molar-refractivity contribution in [3.05, 3.63) is 64.9 Å². The summed E-state index contributed by atoms with van der Waals surface area (Å²) >= 11 is 1.52. The van der Waals surface area contributed by atoms with Crippen molar-refractivity contribution in [3.8, 4) is 11.4 Å². The zero-order valence-electron chi connectivity index (χ0n) is 14.0. The Morgan fingerprint density at radius 1 is 0.960 bits per heavy atom. The molecule has 3 heterocycles. The third kappa shape index (κ3) is 3.21. The minimum atomic E-state index is 0.545. The van der Waals surface area contributed by atoms with E-state index in [1.807, 2.05) is 18.2 Å². The Morgan fingerprint density at radius 2 is 1.72 bits per heavy atom. The standard InChI is InChI=1S/C19H17N5S/c1-13(2)15-6-3-14(4-7-15)5-8-17-23-24-18(21-22-19(24)25-17)16-9-11-20-12-10-16/h3-13H,1-2H3/b8-5+. The van der Waals surface area contributed by atoms with Gasteiger partial charge in [0.05, 0.1) is 0 Å². The predicted octanol–water partition coefficient (Wildman–Crippen LogP) is 4.54. The van der Waals surface area contributed by atoms with Crippen LogP contribution in [0.1, 0.15) is 35.9 Å². The molecule has 124 valence electrons. The van der Waals surface area contributed by atoms with Gasteiger partial charge in [0.15, 0.2) is 5.82 Å². The lowest BCUT2D eigenvalue weighted by molar-refractivity contribution is 0.866. The third-order valence-electron chi connectivity index (χ3n) is 3.97. The lowest BCUT2D eigenvalue weighted by atomic mass is 10.0. The van der Waals surface area contributed by atoms with Crippen molar-refractivity contribution in [1.82, 2.24) is 24.8 Å². The maximum absolute atomic E-state index is 4.61. The predicted molar refractivity (Wildman–Crippen MR) is 101 cm³/mol. The number of nitrogens with zero attached hydrogens (tertiary/aromatic N) is 5. The van der Waals surface area contributed by atoms with Crippen LogP contribution >= 0.6 is 11.3 Å². The first-order chi connectivity index (χ1) is 12.2. The van der Waals surface area contributed by atoms with Gasteiger partial charge in [-0.3, -0.25) is 4.98 Å². The number of aromatic nitrogens is 5. The summed E-state index contributed by atoms with van der Waals surface area (Å²) in [5.41, 5.74) is 3.45. The maximum Gasteiger partial charge on any atom is 0.235 e. The van der Waals surface area contributed by atoms with E-state index >= 15 is 0 Å². The highest BCUT2D eigenvalue weighted by Gasteiger charge is 2.11. The highest BCUT2D eigenvalue weighted by atomic mass is 32.1.